The molecule has 0 amide bonds. The lowest BCUT2D eigenvalue weighted by atomic mass is 10.2. The zero-order valence-electron chi connectivity index (χ0n) is 10.4. The lowest BCUT2D eigenvalue weighted by Gasteiger charge is -2.26. The number of rotatable bonds is 5. The first-order valence-corrected chi connectivity index (χ1v) is 6.67. The highest BCUT2D eigenvalue weighted by atomic mass is 28.4. The first-order chi connectivity index (χ1) is 7.65. The molecular weight excluding hydrogens is 224 g/mol. The van der Waals surface area contributed by atoms with Crippen LogP contribution >= 0.6 is 0 Å². The fraction of sp³-hybridized carbons (Fsp3) is 0.455. The van der Waals surface area contributed by atoms with E-state index in [1.54, 1.807) is 28.4 Å². The first kappa shape index (κ1) is 13.2. The van der Waals surface area contributed by atoms with Gasteiger partial charge in [0, 0.05) is 26.5 Å². The molecule has 0 aromatic heterocycles. The standard InChI is InChI=1S/C11H18O4Si/c1-9-10(12-2)7-6-8-11(9)16(13-3,14-4)15-5/h6-8H,1-5H3. The topological polar surface area (TPSA) is 36.9 Å². The number of ether oxygens (including phenoxy) is 1. The molecule has 0 aliphatic rings. The summed E-state index contributed by atoms with van der Waals surface area (Å²) in [5.41, 5.74) is 0.988. The van der Waals surface area contributed by atoms with Crippen molar-refractivity contribution in [3.63, 3.8) is 0 Å². The number of methoxy groups -OCH3 is 1. The Morgan fingerprint density at radius 2 is 1.50 bits per heavy atom. The molecule has 0 N–H and O–H groups in total. The molecule has 0 aliphatic heterocycles. The van der Waals surface area contributed by atoms with E-state index in [2.05, 4.69) is 0 Å². The Morgan fingerprint density at radius 1 is 0.938 bits per heavy atom. The van der Waals surface area contributed by atoms with Gasteiger partial charge in [0.1, 0.15) is 5.75 Å². The van der Waals surface area contributed by atoms with Gasteiger partial charge in [0.05, 0.1) is 7.11 Å². The SMILES string of the molecule is COc1cccc([Si](OC)(OC)OC)c1C. The monoisotopic (exact) mass is 242 g/mol. The van der Waals surface area contributed by atoms with Crippen molar-refractivity contribution in [3.8, 4) is 5.75 Å². The van der Waals surface area contributed by atoms with Gasteiger partial charge in [0.15, 0.2) is 0 Å². The zero-order valence-corrected chi connectivity index (χ0v) is 11.4. The van der Waals surface area contributed by atoms with E-state index in [4.69, 9.17) is 18.0 Å². The van der Waals surface area contributed by atoms with E-state index >= 15 is 0 Å². The largest absolute Gasteiger partial charge is 0.536 e. The molecule has 4 nitrogen and oxygen atoms in total. The van der Waals surface area contributed by atoms with Crippen LogP contribution in [-0.2, 0) is 13.3 Å². The van der Waals surface area contributed by atoms with E-state index in [1.807, 2.05) is 25.1 Å². The summed E-state index contributed by atoms with van der Waals surface area (Å²) in [4.78, 5) is 0. The summed E-state index contributed by atoms with van der Waals surface area (Å²) in [5.74, 6) is 0.806. The van der Waals surface area contributed by atoms with E-state index in [1.165, 1.54) is 0 Å². The Hall–Kier alpha value is -0.883. The molecule has 1 aromatic rings. The highest BCUT2D eigenvalue weighted by molar-refractivity contribution is 6.75. The van der Waals surface area contributed by atoms with Gasteiger partial charge in [-0.15, -0.1) is 0 Å². The maximum atomic E-state index is 5.44. The molecule has 0 aliphatic carbocycles. The van der Waals surface area contributed by atoms with Crippen LogP contribution in [0.5, 0.6) is 5.75 Å². The minimum absolute atomic E-state index is 0.806. The summed E-state index contributed by atoms with van der Waals surface area (Å²) in [7, 11) is 3.66. The van der Waals surface area contributed by atoms with E-state index in [9.17, 15) is 0 Å². The molecule has 0 radical (unpaired) electrons. The molecule has 0 atom stereocenters. The van der Waals surface area contributed by atoms with Crippen molar-refractivity contribution in [2.45, 2.75) is 6.92 Å². The summed E-state index contributed by atoms with van der Waals surface area (Å²) in [5, 5.41) is 0.930. The van der Waals surface area contributed by atoms with Gasteiger partial charge in [0.2, 0.25) is 0 Å². The van der Waals surface area contributed by atoms with Crippen LogP contribution in [0, 0.1) is 6.92 Å². The molecule has 0 saturated carbocycles. The van der Waals surface area contributed by atoms with Crippen molar-refractivity contribution in [1.29, 1.82) is 0 Å². The van der Waals surface area contributed by atoms with Crippen LogP contribution < -0.4 is 9.92 Å². The van der Waals surface area contributed by atoms with Crippen LogP contribution in [0.3, 0.4) is 0 Å². The Kier molecular flexibility index (Phi) is 4.49. The Bertz CT molecular complexity index is 342. The molecule has 0 bridgehead atoms. The van der Waals surface area contributed by atoms with Crippen LogP contribution in [-0.4, -0.2) is 37.2 Å². The second-order valence-corrected chi connectivity index (χ2v) is 6.18. The Labute approximate surface area is 97.5 Å². The molecule has 0 unspecified atom stereocenters. The molecular formula is C11H18O4Si. The third-order valence-electron chi connectivity index (χ3n) is 2.64. The van der Waals surface area contributed by atoms with Crippen molar-refractivity contribution in [1.82, 2.24) is 0 Å². The summed E-state index contributed by atoms with van der Waals surface area (Å²) >= 11 is 0. The van der Waals surface area contributed by atoms with Gasteiger partial charge in [-0.1, -0.05) is 12.1 Å². The summed E-state index contributed by atoms with van der Waals surface area (Å²) in [6.07, 6.45) is 0. The molecule has 16 heavy (non-hydrogen) atoms. The van der Waals surface area contributed by atoms with Crippen LogP contribution in [0.4, 0.5) is 0 Å². The fourth-order valence-corrected chi connectivity index (χ4v) is 3.79. The van der Waals surface area contributed by atoms with Crippen molar-refractivity contribution < 1.29 is 18.0 Å². The van der Waals surface area contributed by atoms with E-state index in [0.717, 1.165) is 16.5 Å². The average Bonchev–Trinajstić information content (AvgIpc) is 2.34. The molecule has 0 fully saturated rings. The summed E-state index contributed by atoms with van der Waals surface area (Å²) in [6.45, 7) is 1.97. The lowest BCUT2D eigenvalue weighted by Crippen LogP contribution is -2.55. The second kappa shape index (κ2) is 5.45. The third-order valence-corrected chi connectivity index (χ3v) is 5.45. The van der Waals surface area contributed by atoms with E-state index < -0.39 is 8.80 Å². The second-order valence-electron chi connectivity index (χ2n) is 3.30. The number of hydrogen-bond acceptors (Lipinski definition) is 4. The van der Waals surface area contributed by atoms with Gasteiger partial charge in [0.25, 0.3) is 0 Å². The van der Waals surface area contributed by atoms with Gasteiger partial charge in [-0.3, -0.25) is 0 Å². The minimum Gasteiger partial charge on any atom is -0.496 e. The van der Waals surface area contributed by atoms with Gasteiger partial charge in [-0.2, -0.15) is 0 Å². The Balaban J connectivity index is 3.30. The lowest BCUT2D eigenvalue weighted by molar-refractivity contribution is 0.140. The third kappa shape index (κ3) is 2.12. The molecule has 90 valence electrons. The molecule has 0 heterocycles. The zero-order chi connectivity index (χ0) is 12.2. The number of hydrogen-bond donors (Lipinski definition) is 0. The predicted molar refractivity (Wildman–Crippen MR) is 64.1 cm³/mol. The van der Waals surface area contributed by atoms with Crippen molar-refractivity contribution >= 4 is 14.0 Å². The fourth-order valence-electron chi connectivity index (χ4n) is 1.75. The highest BCUT2D eigenvalue weighted by Gasteiger charge is 2.42. The van der Waals surface area contributed by atoms with Crippen LogP contribution in [0.25, 0.3) is 0 Å². The molecule has 0 saturated heterocycles. The van der Waals surface area contributed by atoms with Crippen LogP contribution in [0.1, 0.15) is 5.56 Å². The first-order valence-electron chi connectivity index (χ1n) is 4.94. The van der Waals surface area contributed by atoms with Gasteiger partial charge >= 0.3 is 8.80 Å². The van der Waals surface area contributed by atoms with Crippen molar-refractivity contribution in [2.75, 3.05) is 28.4 Å². The molecule has 1 rings (SSSR count). The maximum absolute atomic E-state index is 5.44. The van der Waals surface area contributed by atoms with E-state index in [0.29, 0.717) is 0 Å². The summed E-state index contributed by atoms with van der Waals surface area (Å²) < 4.78 is 21.6. The maximum Gasteiger partial charge on any atom is 0.536 e. The average molecular weight is 242 g/mol. The van der Waals surface area contributed by atoms with Crippen LogP contribution in [0.15, 0.2) is 18.2 Å². The normalized spacial score (nSPS) is 11.6. The smallest absolute Gasteiger partial charge is 0.496 e. The van der Waals surface area contributed by atoms with Crippen molar-refractivity contribution in [3.05, 3.63) is 23.8 Å². The number of benzene rings is 1. The van der Waals surface area contributed by atoms with Gasteiger partial charge in [-0.05, 0) is 18.6 Å². The summed E-state index contributed by atoms with van der Waals surface area (Å²) in [6, 6.07) is 5.75. The molecule has 0 spiro atoms. The quantitative estimate of drug-likeness (QED) is 0.724. The minimum atomic E-state index is -2.77. The van der Waals surface area contributed by atoms with Crippen LogP contribution in [0.2, 0.25) is 0 Å². The van der Waals surface area contributed by atoms with Crippen molar-refractivity contribution in [2.24, 2.45) is 0 Å². The Morgan fingerprint density at radius 3 is 1.94 bits per heavy atom. The van der Waals surface area contributed by atoms with Gasteiger partial charge < -0.3 is 18.0 Å². The van der Waals surface area contributed by atoms with E-state index in [-0.39, 0.29) is 0 Å². The van der Waals surface area contributed by atoms with Gasteiger partial charge in [-0.25, -0.2) is 0 Å². The highest BCUT2D eigenvalue weighted by Crippen LogP contribution is 2.18. The molecule has 1 aromatic carbocycles. The predicted octanol–water partition coefficient (Wildman–Crippen LogP) is 1.09. The molecule has 5 heteroatoms.